The van der Waals surface area contributed by atoms with Gasteiger partial charge in [0.25, 0.3) is 5.91 Å². The molecule has 0 radical (unpaired) electrons. The molecule has 0 saturated heterocycles. The van der Waals surface area contributed by atoms with Gasteiger partial charge in [-0.1, -0.05) is 12.1 Å². The molecule has 0 aliphatic carbocycles. The topological polar surface area (TPSA) is 116 Å². The zero-order valence-corrected chi connectivity index (χ0v) is 16.0. The highest BCUT2D eigenvalue weighted by Gasteiger charge is 2.18. The molecule has 1 heterocycles. The number of methoxy groups -OCH3 is 1. The first-order valence-electron chi connectivity index (χ1n) is 8.88. The van der Waals surface area contributed by atoms with Crippen molar-refractivity contribution in [2.75, 3.05) is 19.0 Å². The van der Waals surface area contributed by atoms with Gasteiger partial charge in [0.2, 0.25) is 0 Å². The Labute approximate surface area is 167 Å². The first-order chi connectivity index (χ1) is 14.0. The molecule has 3 N–H and O–H groups in total. The molecule has 1 amide bonds. The van der Waals surface area contributed by atoms with E-state index < -0.39 is 11.9 Å². The molecule has 3 aromatic rings. The Kier molecular flexibility index (Phi) is 6.03. The summed E-state index contributed by atoms with van der Waals surface area (Å²) in [6, 6.07) is 13.9. The lowest BCUT2D eigenvalue weighted by atomic mass is 10.1. The van der Waals surface area contributed by atoms with Crippen molar-refractivity contribution < 1.29 is 19.1 Å². The van der Waals surface area contributed by atoms with Crippen LogP contribution in [0.5, 0.6) is 5.75 Å². The Morgan fingerprint density at radius 3 is 2.45 bits per heavy atom. The predicted molar refractivity (Wildman–Crippen MR) is 108 cm³/mol. The maximum Gasteiger partial charge on any atom is 0.343 e. The van der Waals surface area contributed by atoms with E-state index in [0.717, 1.165) is 5.56 Å². The number of primary amides is 1. The molecule has 29 heavy (non-hydrogen) atoms. The molecular weight excluding hydrogens is 372 g/mol. The molecule has 148 valence electrons. The number of benzene rings is 2. The lowest BCUT2D eigenvalue weighted by Crippen LogP contribution is -2.15. The summed E-state index contributed by atoms with van der Waals surface area (Å²) in [6.07, 6.45) is 1.39. The number of aromatic nitrogens is 2. The summed E-state index contributed by atoms with van der Waals surface area (Å²) in [4.78, 5) is 32.8. The lowest BCUT2D eigenvalue weighted by molar-refractivity contribution is 0.0526. The normalized spacial score (nSPS) is 10.3. The monoisotopic (exact) mass is 392 g/mol. The molecule has 0 fully saturated rings. The maximum absolute atomic E-state index is 12.4. The standard InChI is InChI=1S/C21H20N4O4/c1-3-29-21(27)16-12-23-19(13-8-10-14(28-2)11-9-13)25-20(16)24-17-7-5-4-6-15(17)18(22)26/h4-12H,3H2,1-2H3,(H2,22,26)(H,23,24,25). The number of nitrogens with zero attached hydrogens (tertiary/aromatic N) is 2. The molecule has 0 aliphatic rings. The van der Waals surface area contributed by atoms with E-state index in [2.05, 4.69) is 15.3 Å². The first-order valence-corrected chi connectivity index (χ1v) is 8.88. The molecule has 0 bridgehead atoms. The van der Waals surface area contributed by atoms with Gasteiger partial charge in [-0.05, 0) is 43.3 Å². The zero-order valence-electron chi connectivity index (χ0n) is 16.0. The summed E-state index contributed by atoms with van der Waals surface area (Å²) in [5, 5.41) is 3.02. The van der Waals surface area contributed by atoms with Gasteiger partial charge in [0.05, 0.1) is 25.0 Å². The number of hydrogen-bond donors (Lipinski definition) is 2. The number of anilines is 2. The molecule has 0 saturated carbocycles. The predicted octanol–water partition coefficient (Wildman–Crippen LogP) is 3.17. The van der Waals surface area contributed by atoms with E-state index >= 15 is 0 Å². The van der Waals surface area contributed by atoms with Crippen LogP contribution in [0.1, 0.15) is 27.6 Å². The van der Waals surface area contributed by atoms with Gasteiger partial charge in [-0.15, -0.1) is 0 Å². The summed E-state index contributed by atoms with van der Waals surface area (Å²) in [6.45, 7) is 1.91. The Hall–Kier alpha value is -3.94. The van der Waals surface area contributed by atoms with Crippen LogP contribution in [0.15, 0.2) is 54.7 Å². The SMILES string of the molecule is CCOC(=O)c1cnc(-c2ccc(OC)cc2)nc1Nc1ccccc1C(N)=O. The van der Waals surface area contributed by atoms with Crippen molar-refractivity contribution in [3.63, 3.8) is 0 Å². The number of carbonyl (C=O) groups excluding carboxylic acids is 2. The van der Waals surface area contributed by atoms with Crippen molar-refractivity contribution in [3.05, 3.63) is 65.9 Å². The van der Waals surface area contributed by atoms with Crippen molar-refractivity contribution in [2.24, 2.45) is 5.73 Å². The summed E-state index contributed by atoms with van der Waals surface area (Å²) < 4.78 is 10.3. The van der Waals surface area contributed by atoms with E-state index in [1.807, 2.05) is 0 Å². The van der Waals surface area contributed by atoms with Crippen LogP contribution in [0.25, 0.3) is 11.4 Å². The molecule has 3 rings (SSSR count). The molecule has 0 unspecified atom stereocenters. The second-order valence-electron chi connectivity index (χ2n) is 5.94. The van der Waals surface area contributed by atoms with E-state index in [1.54, 1.807) is 62.6 Å². The highest BCUT2D eigenvalue weighted by atomic mass is 16.5. The molecule has 0 atom stereocenters. The van der Waals surface area contributed by atoms with Crippen molar-refractivity contribution in [1.82, 2.24) is 9.97 Å². The second kappa shape index (κ2) is 8.83. The highest BCUT2D eigenvalue weighted by molar-refractivity contribution is 6.01. The average Bonchev–Trinajstić information content (AvgIpc) is 2.74. The Bertz CT molecular complexity index is 1040. The van der Waals surface area contributed by atoms with Crippen molar-refractivity contribution in [1.29, 1.82) is 0 Å². The fourth-order valence-electron chi connectivity index (χ4n) is 2.65. The smallest absolute Gasteiger partial charge is 0.343 e. The molecule has 8 heteroatoms. The molecule has 2 aromatic carbocycles. The second-order valence-corrected chi connectivity index (χ2v) is 5.94. The minimum absolute atomic E-state index is 0.142. The minimum Gasteiger partial charge on any atom is -0.497 e. The molecule has 0 spiro atoms. The Balaban J connectivity index is 2.06. The third kappa shape index (κ3) is 4.49. The minimum atomic E-state index is -0.602. The van der Waals surface area contributed by atoms with Gasteiger partial charge < -0.3 is 20.5 Å². The largest absolute Gasteiger partial charge is 0.497 e. The molecule has 0 aliphatic heterocycles. The van der Waals surface area contributed by atoms with Gasteiger partial charge in [0.15, 0.2) is 5.82 Å². The van der Waals surface area contributed by atoms with Crippen molar-refractivity contribution in [2.45, 2.75) is 6.92 Å². The number of rotatable bonds is 7. The summed E-state index contributed by atoms with van der Waals surface area (Å²) in [5.74, 6) is 0.117. The van der Waals surface area contributed by atoms with E-state index in [-0.39, 0.29) is 23.6 Å². The molecule has 1 aromatic heterocycles. The fourth-order valence-corrected chi connectivity index (χ4v) is 2.65. The molecular formula is C21H20N4O4. The third-order valence-electron chi connectivity index (χ3n) is 4.08. The number of hydrogen-bond acceptors (Lipinski definition) is 7. The number of para-hydroxylation sites is 1. The van der Waals surface area contributed by atoms with Gasteiger partial charge in [0, 0.05) is 11.8 Å². The number of esters is 1. The van der Waals surface area contributed by atoms with Crippen LogP contribution in [0.4, 0.5) is 11.5 Å². The van der Waals surface area contributed by atoms with Crippen molar-refractivity contribution >= 4 is 23.4 Å². The lowest BCUT2D eigenvalue weighted by Gasteiger charge is -2.13. The number of amides is 1. The van der Waals surface area contributed by atoms with E-state index in [4.69, 9.17) is 15.2 Å². The number of ether oxygens (including phenoxy) is 2. The van der Waals surface area contributed by atoms with Crippen LogP contribution in [0.2, 0.25) is 0 Å². The van der Waals surface area contributed by atoms with Crippen molar-refractivity contribution in [3.8, 4) is 17.1 Å². The van der Waals surface area contributed by atoms with Crippen LogP contribution >= 0.6 is 0 Å². The number of nitrogens with one attached hydrogen (secondary N) is 1. The third-order valence-corrected chi connectivity index (χ3v) is 4.08. The van der Waals surface area contributed by atoms with Gasteiger partial charge in [-0.25, -0.2) is 14.8 Å². The van der Waals surface area contributed by atoms with Crippen LogP contribution in [-0.2, 0) is 4.74 Å². The fraction of sp³-hybridized carbons (Fsp3) is 0.143. The van der Waals surface area contributed by atoms with E-state index in [0.29, 0.717) is 17.3 Å². The zero-order chi connectivity index (χ0) is 20.8. The quantitative estimate of drug-likeness (QED) is 0.593. The first kappa shape index (κ1) is 19.8. The average molecular weight is 392 g/mol. The summed E-state index contributed by atoms with van der Waals surface area (Å²) >= 11 is 0. The van der Waals surface area contributed by atoms with Gasteiger partial charge in [-0.2, -0.15) is 0 Å². The van der Waals surface area contributed by atoms with Gasteiger partial charge in [0.1, 0.15) is 17.1 Å². The Morgan fingerprint density at radius 2 is 1.79 bits per heavy atom. The number of carbonyl (C=O) groups is 2. The summed E-state index contributed by atoms with van der Waals surface area (Å²) in [7, 11) is 1.58. The van der Waals surface area contributed by atoms with E-state index in [9.17, 15) is 9.59 Å². The van der Waals surface area contributed by atoms with Crippen LogP contribution < -0.4 is 15.8 Å². The van der Waals surface area contributed by atoms with Crippen LogP contribution in [-0.4, -0.2) is 35.6 Å². The van der Waals surface area contributed by atoms with E-state index in [1.165, 1.54) is 6.20 Å². The summed E-state index contributed by atoms with van der Waals surface area (Å²) in [5.41, 5.74) is 7.01. The maximum atomic E-state index is 12.4. The Morgan fingerprint density at radius 1 is 1.07 bits per heavy atom. The van der Waals surface area contributed by atoms with Crippen LogP contribution in [0.3, 0.4) is 0 Å². The number of nitrogens with two attached hydrogens (primary N) is 1. The molecule has 8 nitrogen and oxygen atoms in total. The van der Waals surface area contributed by atoms with Gasteiger partial charge in [-0.3, -0.25) is 4.79 Å². The van der Waals surface area contributed by atoms with Crippen LogP contribution in [0, 0.1) is 0 Å². The highest BCUT2D eigenvalue weighted by Crippen LogP contribution is 2.26. The van der Waals surface area contributed by atoms with Gasteiger partial charge >= 0.3 is 5.97 Å².